The quantitative estimate of drug-likeness (QED) is 0.0700. The van der Waals surface area contributed by atoms with Gasteiger partial charge in [-0.1, -0.05) is 55.0 Å². The highest BCUT2D eigenvalue weighted by atomic mass is 35.5. The van der Waals surface area contributed by atoms with E-state index in [2.05, 4.69) is 33.8 Å². The number of phenolic OH excluding ortho intramolecular Hbond substituents is 1. The van der Waals surface area contributed by atoms with Crippen molar-refractivity contribution in [3.63, 3.8) is 0 Å². The molecule has 1 aliphatic heterocycles. The molecular weight excluding hydrogens is 692 g/mol. The highest BCUT2D eigenvalue weighted by Crippen LogP contribution is 2.28. The fourth-order valence-electron chi connectivity index (χ4n) is 5.12. The number of aliphatic hydroxyl groups excluding tert-OH is 4. The van der Waals surface area contributed by atoms with Gasteiger partial charge < -0.3 is 55.1 Å². The van der Waals surface area contributed by atoms with Gasteiger partial charge in [0, 0.05) is 31.2 Å². The van der Waals surface area contributed by atoms with E-state index in [4.69, 9.17) is 36.8 Å². The molecule has 276 valence electrons. The molecule has 0 radical (unpaired) electrons. The van der Waals surface area contributed by atoms with Gasteiger partial charge in [0.25, 0.3) is 0 Å². The summed E-state index contributed by atoms with van der Waals surface area (Å²) in [5.41, 5.74) is 2.63. The number of phenols is 1. The molecule has 16 heteroatoms. The van der Waals surface area contributed by atoms with Gasteiger partial charge in [0.2, 0.25) is 11.7 Å². The molecule has 2 atom stereocenters. The van der Waals surface area contributed by atoms with Crippen molar-refractivity contribution in [1.82, 2.24) is 20.1 Å². The van der Waals surface area contributed by atoms with Gasteiger partial charge in [0.05, 0.1) is 30.9 Å². The number of hydrogen-bond acceptors (Lipinski definition) is 13. The van der Waals surface area contributed by atoms with Crippen molar-refractivity contribution in [1.29, 1.82) is 0 Å². The summed E-state index contributed by atoms with van der Waals surface area (Å²) in [5.74, 6) is -2.59. The molecule has 1 aliphatic rings. The minimum Gasteiger partial charge on any atom is -0.506 e. The van der Waals surface area contributed by atoms with E-state index in [1.54, 1.807) is 6.07 Å². The van der Waals surface area contributed by atoms with Crippen molar-refractivity contribution in [3.8, 4) is 5.75 Å². The SMILES string of the molecule is CCN(CC)CCN(CCNCCc1ccc(O)c2[nH]c(=O)sc12)C(=O)CCOCCc1cccc(Cl)c1.O=C1OC(C(O)CO)C(O)=C1O. The Morgan fingerprint density at radius 3 is 2.48 bits per heavy atom. The zero-order valence-electron chi connectivity index (χ0n) is 28.3. The average molecular weight is 739 g/mol. The number of cyclic esters (lactones) is 1. The number of nitrogens with zero attached hydrogens (tertiary/aromatic N) is 2. The summed E-state index contributed by atoms with van der Waals surface area (Å²) in [6.07, 6.45) is -0.942. The van der Waals surface area contributed by atoms with Crippen LogP contribution in [0.1, 0.15) is 31.4 Å². The first-order chi connectivity index (χ1) is 24.0. The van der Waals surface area contributed by atoms with E-state index in [1.165, 1.54) is 0 Å². The molecule has 14 nitrogen and oxygen atoms in total. The number of carbonyl (C=O) groups excluding carboxylic acids is 2. The number of aromatic hydroxyl groups is 1. The van der Waals surface area contributed by atoms with Crippen LogP contribution in [-0.2, 0) is 31.9 Å². The van der Waals surface area contributed by atoms with Gasteiger partial charge in [-0.3, -0.25) is 9.59 Å². The Labute approximate surface area is 299 Å². The molecule has 50 heavy (non-hydrogen) atoms. The molecular formula is C34H47ClN4O10S. The lowest BCUT2D eigenvalue weighted by atomic mass is 10.1. The number of likely N-dealkylation sites (N-methyl/N-ethyl adjacent to an activating group) is 1. The molecule has 1 amide bonds. The van der Waals surface area contributed by atoms with Crippen molar-refractivity contribution >= 4 is 45.0 Å². The van der Waals surface area contributed by atoms with Gasteiger partial charge >= 0.3 is 10.8 Å². The van der Waals surface area contributed by atoms with Crippen LogP contribution >= 0.6 is 22.9 Å². The summed E-state index contributed by atoms with van der Waals surface area (Å²) >= 11 is 7.15. The summed E-state index contributed by atoms with van der Waals surface area (Å²) in [5, 5.41) is 49.2. The fraction of sp³-hybridized carbons (Fsp3) is 0.500. The number of thiazole rings is 1. The third-order valence-electron chi connectivity index (χ3n) is 8.06. The molecule has 0 saturated carbocycles. The summed E-state index contributed by atoms with van der Waals surface area (Å²) in [6.45, 7) is 9.96. The van der Waals surface area contributed by atoms with Gasteiger partial charge in [-0.25, -0.2) is 4.79 Å². The van der Waals surface area contributed by atoms with E-state index >= 15 is 0 Å². The second-order valence-electron chi connectivity index (χ2n) is 11.4. The second kappa shape index (κ2) is 20.8. The van der Waals surface area contributed by atoms with Crippen molar-refractivity contribution in [2.45, 2.75) is 45.3 Å². The number of rotatable bonds is 19. The van der Waals surface area contributed by atoms with Crippen molar-refractivity contribution in [2.75, 3.05) is 65.6 Å². The van der Waals surface area contributed by atoms with Gasteiger partial charge in [-0.05, 0) is 61.8 Å². The van der Waals surface area contributed by atoms with E-state index in [1.807, 2.05) is 35.2 Å². The second-order valence-corrected chi connectivity index (χ2v) is 12.8. The number of nitrogens with one attached hydrogen (secondary N) is 2. The normalized spacial score (nSPS) is 14.9. The van der Waals surface area contributed by atoms with E-state index in [-0.39, 0.29) is 16.5 Å². The predicted molar refractivity (Wildman–Crippen MR) is 191 cm³/mol. The first-order valence-corrected chi connectivity index (χ1v) is 17.7. The predicted octanol–water partition coefficient (Wildman–Crippen LogP) is 2.49. The van der Waals surface area contributed by atoms with Crippen LogP contribution in [0.25, 0.3) is 10.2 Å². The molecule has 0 saturated heterocycles. The number of halogens is 1. The molecule has 0 fully saturated rings. The van der Waals surface area contributed by atoms with Crippen LogP contribution < -0.4 is 10.2 Å². The van der Waals surface area contributed by atoms with Gasteiger partial charge in [-0.15, -0.1) is 0 Å². The maximum atomic E-state index is 13.0. The summed E-state index contributed by atoms with van der Waals surface area (Å²) in [7, 11) is 0. The molecule has 4 rings (SSSR count). The Kier molecular flexibility index (Phi) is 17.0. The Morgan fingerprint density at radius 2 is 1.82 bits per heavy atom. The summed E-state index contributed by atoms with van der Waals surface area (Å²) in [6, 6.07) is 11.2. The number of fused-ring (bicyclic) bond motifs is 1. The molecule has 7 N–H and O–H groups in total. The Morgan fingerprint density at radius 1 is 1.06 bits per heavy atom. The molecule has 0 aliphatic carbocycles. The Hall–Kier alpha value is -3.70. The van der Waals surface area contributed by atoms with Gasteiger partial charge in [0.15, 0.2) is 11.9 Å². The number of aliphatic hydroxyl groups is 4. The van der Waals surface area contributed by atoms with Crippen LogP contribution in [0.15, 0.2) is 52.7 Å². The fourth-order valence-corrected chi connectivity index (χ4v) is 6.23. The van der Waals surface area contributed by atoms with E-state index in [0.29, 0.717) is 56.4 Å². The van der Waals surface area contributed by atoms with E-state index in [0.717, 1.165) is 59.6 Å². The van der Waals surface area contributed by atoms with Crippen molar-refractivity contribution < 1.29 is 44.6 Å². The smallest absolute Gasteiger partial charge is 0.377 e. The Balaban J connectivity index is 0.000000474. The lowest BCUT2D eigenvalue weighted by Crippen LogP contribution is -2.42. The zero-order valence-corrected chi connectivity index (χ0v) is 29.8. The highest BCUT2D eigenvalue weighted by molar-refractivity contribution is 7.16. The molecule has 3 aromatic rings. The first kappa shape index (κ1) is 40.7. The topological polar surface area (TPSA) is 205 Å². The minimum atomic E-state index is -1.42. The molecule has 2 unspecified atom stereocenters. The van der Waals surface area contributed by atoms with Crippen LogP contribution in [0.3, 0.4) is 0 Å². The lowest BCUT2D eigenvalue weighted by molar-refractivity contribution is -0.147. The third kappa shape index (κ3) is 12.3. The number of benzene rings is 2. The maximum Gasteiger partial charge on any atom is 0.377 e. The standard InChI is InChI=1S/C28H39ClN4O4S.C6H8O6/c1-3-32(4-2)16-17-33(25(35)12-19-37-18-11-21-6-5-7-23(29)20-21)15-14-30-13-10-22-8-9-24(34)26-27(22)38-28(36)31-26;7-1-2(8)5-3(9)4(10)6(11)12-5/h5-9,20,30,34H,3-4,10-19H2,1-2H3,(H,31,36);2,5,7-10H,1H2. The minimum absolute atomic E-state index is 0.0888. The zero-order chi connectivity index (χ0) is 36.6. The Bertz CT molecular complexity index is 1630. The number of amides is 1. The van der Waals surface area contributed by atoms with Crippen LogP contribution in [0.4, 0.5) is 0 Å². The lowest BCUT2D eigenvalue weighted by Gasteiger charge is -2.27. The molecule has 0 bridgehead atoms. The third-order valence-corrected chi connectivity index (χ3v) is 9.26. The molecule has 1 aromatic heterocycles. The highest BCUT2D eigenvalue weighted by Gasteiger charge is 2.38. The molecule has 0 spiro atoms. The van der Waals surface area contributed by atoms with Crippen LogP contribution in [-0.4, -0.2) is 130 Å². The number of aromatic amines is 1. The number of carbonyl (C=O) groups is 2. The van der Waals surface area contributed by atoms with Crippen molar-refractivity contribution in [3.05, 3.63) is 73.7 Å². The maximum absolute atomic E-state index is 13.0. The average Bonchev–Trinajstić information content (AvgIpc) is 3.63. The number of aromatic nitrogens is 1. The van der Waals surface area contributed by atoms with Gasteiger partial charge in [0.1, 0.15) is 17.4 Å². The number of esters is 1. The summed E-state index contributed by atoms with van der Waals surface area (Å²) < 4.78 is 10.9. The number of H-pyrrole nitrogens is 1. The van der Waals surface area contributed by atoms with E-state index < -0.39 is 36.3 Å². The number of ether oxygens (including phenoxy) is 2. The largest absolute Gasteiger partial charge is 0.506 e. The van der Waals surface area contributed by atoms with Crippen molar-refractivity contribution in [2.24, 2.45) is 0 Å². The number of hydrogen-bond donors (Lipinski definition) is 7. The molecule has 2 heterocycles. The van der Waals surface area contributed by atoms with Crippen LogP contribution in [0, 0.1) is 0 Å². The van der Waals surface area contributed by atoms with Gasteiger partial charge in [-0.2, -0.15) is 0 Å². The van der Waals surface area contributed by atoms with E-state index in [9.17, 15) is 19.5 Å². The van der Waals surface area contributed by atoms with Crippen LogP contribution in [0.2, 0.25) is 5.02 Å². The first-order valence-electron chi connectivity index (χ1n) is 16.5. The molecule has 2 aromatic carbocycles. The summed E-state index contributed by atoms with van der Waals surface area (Å²) in [4.78, 5) is 42.0. The van der Waals surface area contributed by atoms with Crippen LogP contribution in [0.5, 0.6) is 5.75 Å². The monoisotopic (exact) mass is 738 g/mol.